The molecule has 112 valence electrons. The molecule has 0 aliphatic carbocycles. The van der Waals surface area contributed by atoms with E-state index in [0.29, 0.717) is 15.5 Å². The number of aliphatic carboxylic acids is 1. The molecule has 22 heavy (non-hydrogen) atoms. The van der Waals surface area contributed by atoms with Crippen LogP contribution in [0.2, 0.25) is 0 Å². The molecule has 1 aromatic carbocycles. The zero-order valence-corrected chi connectivity index (χ0v) is 12.8. The Labute approximate surface area is 133 Å². The van der Waals surface area contributed by atoms with Crippen LogP contribution in [0, 0.1) is 0 Å². The zero-order chi connectivity index (χ0) is 15.9. The van der Waals surface area contributed by atoms with Crippen molar-refractivity contribution in [3.8, 4) is 0 Å². The van der Waals surface area contributed by atoms with Gasteiger partial charge in [-0.25, -0.2) is 4.90 Å². The number of carbonyl (C=O) groups excluding carboxylic acids is 2. The smallest absolute Gasteiger partial charge is 0.316 e. The highest BCUT2D eigenvalue weighted by Crippen LogP contribution is 2.34. The van der Waals surface area contributed by atoms with Crippen LogP contribution in [0.25, 0.3) is 0 Å². The Hall–Kier alpha value is -2.26. The van der Waals surface area contributed by atoms with E-state index in [0.717, 1.165) is 28.0 Å². The first kappa shape index (κ1) is 14.7. The minimum atomic E-state index is -0.970. The molecule has 1 aliphatic rings. The van der Waals surface area contributed by atoms with Gasteiger partial charge in [-0.2, -0.15) is 0 Å². The number of nitrogens with zero attached hydrogens (tertiary/aromatic N) is 3. The summed E-state index contributed by atoms with van der Waals surface area (Å²) >= 11 is 2.03. The van der Waals surface area contributed by atoms with Gasteiger partial charge < -0.3 is 5.11 Å². The number of hydrogen-bond donors (Lipinski definition) is 1. The first-order valence-corrected chi connectivity index (χ1v) is 7.89. The number of thioether (sulfide) groups is 1. The third-order valence-electron chi connectivity index (χ3n) is 3.01. The minimum absolute atomic E-state index is 0.145. The number of hydrogen-bond acceptors (Lipinski definition) is 7. The maximum absolute atomic E-state index is 12.3. The summed E-state index contributed by atoms with van der Waals surface area (Å²) in [6.45, 7) is 1.52. The highest BCUT2D eigenvalue weighted by Gasteiger charge is 2.38. The molecule has 1 aromatic heterocycles. The molecule has 3 rings (SSSR count). The molecule has 2 amide bonds. The van der Waals surface area contributed by atoms with Gasteiger partial charge in [0.05, 0.1) is 11.1 Å². The molecular formula is C13H9N3O4S2. The van der Waals surface area contributed by atoms with Crippen molar-refractivity contribution in [3.05, 3.63) is 35.4 Å². The number of anilines is 1. The highest BCUT2D eigenvalue weighted by atomic mass is 32.2. The lowest BCUT2D eigenvalue weighted by Gasteiger charge is -2.07. The number of benzene rings is 1. The summed E-state index contributed by atoms with van der Waals surface area (Å²) in [4.78, 5) is 36.4. The van der Waals surface area contributed by atoms with Crippen molar-refractivity contribution >= 4 is 46.0 Å². The zero-order valence-electron chi connectivity index (χ0n) is 11.2. The Morgan fingerprint density at radius 3 is 2.36 bits per heavy atom. The molecule has 9 heteroatoms. The molecule has 2 aromatic rings. The van der Waals surface area contributed by atoms with Gasteiger partial charge >= 0.3 is 5.97 Å². The normalized spacial score (nSPS) is 15.0. The number of imide groups is 1. The van der Waals surface area contributed by atoms with Crippen LogP contribution in [0.3, 0.4) is 0 Å². The number of amides is 2. The Morgan fingerprint density at radius 2 is 1.82 bits per heavy atom. The van der Waals surface area contributed by atoms with Crippen LogP contribution in [0.1, 0.15) is 27.6 Å². The van der Waals surface area contributed by atoms with E-state index in [1.54, 1.807) is 24.3 Å². The van der Waals surface area contributed by atoms with Crippen LogP contribution in [-0.2, 0) is 4.79 Å². The summed E-state index contributed by atoms with van der Waals surface area (Å²) < 4.78 is 0.390. The Balaban J connectivity index is 1.88. The lowest BCUT2D eigenvalue weighted by molar-refractivity contribution is -0.136. The van der Waals surface area contributed by atoms with E-state index in [1.165, 1.54) is 6.92 Å². The quantitative estimate of drug-likeness (QED) is 0.517. The van der Waals surface area contributed by atoms with E-state index < -0.39 is 23.0 Å². The van der Waals surface area contributed by atoms with Crippen molar-refractivity contribution in [1.29, 1.82) is 0 Å². The number of carbonyl (C=O) groups is 3. The molecule has 7 nitrogen and oxygen atoms in total. The standard InChI is InChI=1S/C13H9N3O4S2/c1-6(11(19)20)21-13-15-14-12(22-13)16-9(17)7-4-2-3-5-8(7)10(16)18/h2-6H,1H3,(H,19,20)/t6-/m0/s1. The van der Waals surface area contributed by atoms with E-state index in [9.17, 15) is 14.4 Å². The van der Waals surface area contributed by atoms with Crippen LogP contribution >= 0.6 is 23.1 Å². The molecule has 0 saturated heterocycles. The fraction of sp³-hybridized carbons (Fsp3) is 0.154. The predicted octanol–water partition coefficient (Wildman–Crippen LogP) is 1.90. The number of rotatable bonds is 4. The highest BCUT2D eigenvalue weighted by molar-refractivity contribution is 8.02. The second-order valence-electron chi connectivity index (χ2n) is 4.44. The van der Waals surface area contributed by atoms with Crippen molar-refractivity contribution in [2.24, 2.45) is 0 Å². The summed E-state index contributed by atoms with van der Waals surface area (Å²) in [5.74, 6) is -1.86. The second-order valence-corrected chi connectivity index (χ2v) is 6.98. The van der Waals surface area contributed by atoms with Crippen molar-refractivity contribution < 1.29 is 19.5 Å². The molecule has 2 heterocycles. The van der Waals surface area contributed by atoms with Crippen molar-refractivity contribution in [2.45, 2.75) is 16.5 Å². The Kier molecular flexibility index (Phi) is 3.67. The minimum Gasteiger partial charge on any atom is -0.480 e. The van der Waals surface area contributed by atoms with Crippen molar-refractivity contribution in [2.75, 3.05) is 4.90 Å². The lowest BCUT2D eigenvalue weighted by atomic mass is 10.1. The lowest BCUT2D eigenvalue weighted by Crippen LogP contribution is -2.29. The van der Waals surface area contributed by atoms with Gasteiger partial charge in [0.2, 0.25) is 5.13 Å². The number of carboxylic acids is 1. The SMILES string of the molecule is C[C@H](Sc1nnc(N2C(=O)c3ccccc3C2=O)s1)C(=O)O. The van der Waals surface area contributed by atoms with Gasteiger partial charge in [-0.15, -0.1) is 10.2 Å². The van der Waals surface area contributed by atoms with E-state index in [-0.39, 0.29) is 5.13 Å². The molecule has 0 saturated carbocycles. The first-order valence-electron chi connectivity index (χ1n) is 6.20. The van der Waals surface area contributed by atoms with E-state index in [1.807, 2.05) is 0 Å². The Morgan fingerprint density at radius 1 is 1.23 bits per heavy atom. The van der Waals surface area contributed by atoms with Gasteiger partial charge in [0, 0.05) is 0 Å². The summed E-state index contributed by atoms with van der Waals surface area (Å²) in [6.07, 6.45) is 0. The average molecular weight is 335 g/mol. The number of aromatic nitrogens is 2. The van der Waals surface area contributed by atoms with Gasteiger partial charge in [0.15, 0.2) is 4.34 Å². The number of carboxylic acid groups (broad SMARTS) is 1. The predicted molar refractivity (Wildman–Crippen MR) is 80.4 cm³/mol. The van der Waals surface area contributed by atoms with Crippen LogP contribution in [0.5, 0.6) is 0 Å². The van der Waals surface area contributed by atoms with E-state index in [2.05, 4.69) is 10.2 Å². The van der Waals surface area contributed by atoms with E-state index >= 15 is 0 Å². The molecular weight excluding hydrogens is 326 g/mol. The molecule has 1 atom stereocenters. The molecule has 0 fully saturated rings. The Bertz CT molecular complexity index is 754. The average Bonchev–Trinajstić information content (AvgIpc) is 3.03. The van der Waals surface area contributed by atoms with Gasteiger partial charge in [-0.1, -0.05) is 35.2 Å². The van der Waals surface area contributed by atoms with Crippen LogP contribution < -0.4 is 4.90 Å². The molecule has 0 radical (unpaired) electrons. The summed E-state index contributed by atoms with van der Waals surface area (Å²) in [5.41, 5.74) is 0.659. The second kappa shape index (κ2) is 5.50. The maximum Gasteiger partial charge on any atom is 0.316 e. The van der Waals surface area contributed by atoms with Gasteiger partial charge in [0.1, 0.15) is 5.25 Å². The van der Waals surface area contributed by atoms with Gasteiger partial charge in [-0.3, -0.25) is 14.4 Å². The fourth-order valence-corrected chi connectivity index (χ4v) is 3.82. The monoisotopic (exact) mass is 335 g/mol. The summed E-state index contributed by atoms with van der Waals surface area (Å²) in [6, 6.07) is 6.53. The molecule has 1 aliphatic heterocycles. The van der Waals surface area contributed by atoms with Crippen molar-refractivity contribution in [3.63, 3.8) is 0 Å². The van der Waals surface area contributed by atoms with Gasteiger partial charge in [-0.05, 0) is 19.1 Å². The van der Waals surface area contributed by atoms with Crippen LogP contribution in [0.4, 0.5) is 5.13 Å². The molecule has 0 unspecified atom stereocenters. The molecule has 1 N–H and O–H groups in total. The van der Waals surface area contributed by atoms with E-state index in [4.69, 9.17) is 5.11 Å². The summed E-state index contributed by atoms with van der Waals surface area (Å²) in [5, 5.41) is 16.0. The number of fused-ring (bicyclic) bond motifs is 1. The van der Waals surface area contributed by atoms with Crippen LogP contribution in [0.15, 0.2) is 28.6 Å². The molecule has 0 spiro atoms. The third-order valence-corrected chi connectivity index (χ3v) is 5.09. The fourth-order valence-electron chi connectivity index (χ4n) is 1.91. The van der Waals surface area contributed by atoms with Gasteiger partial charge in [0.25, 0.3) is 11.8 Å². The van der Waals surface area contributed by atoms with Crippen LogP contribution in [-0.4, -0.2) is 38.3 Å². The molecule has 0 bridgehead atoms. The third kappa shape index (κ3) is 2.38. The largest absolute Gasteiger partial charge is 0.480 e. The van der Waals surface area contributed by atoms with Crippen molar-refractivity contribution in [1.82, 2.24) is 10.2 Å². The summed E-state index contributed by atoms with van der Waals surface area (Å²) in [7, 11) is 0. The maximum atomic E-state index is 12.3. The topological polar surface area (TPSA) is 100 Å². The first-order chi connectivity index (χ1) is 10.5.